The quantitative estimate of drug-likeness (QED) is 0.126. The van der Waals surface area contributed by atoms with Crippen LogP contribution >= 0.6 is 0 Å². The van der Waals surface area contributed by atoms with Crippen molar-refractivity contribution in [2.75, 3.05) is 0 Å². The molecule has 57 heavy (non-hydrogen) atoms. The molecule has 2 aromatic heterocycles. The van der Waals surface area contributed by atoms with Gasteiger partial charge in [-0.25, -0.2) is 15.0 Å². The summed E-state index contributed by atoms with van der Waals surface area (Å²) in [7, 11) is 0. The Morgan fingerprint density at radius 1 is 0.386 bits per heavy atom. The fraction of sp³-hybridized carbons (Fsp3) is 0. The minimum absolute atomic E-state index is 0.582. The van der Waals surface area contributed by atoms with Crippen LogP contribution in [-0.2, 0) is 0 Å². The highest BCUT2D eigenvalue weighted by molar-refractivity contribution is 6.13. The van der Waals surface area contributed by atoms with E-state index in [1.54, 1.807) is 0 Å². The van der Waals surface area contributed by atoms with Crippen molar-refractivity contribution in [3.63, 3.8) is 0 Å². The van der Waals surface area contributed by atoms with Gasteiger partial charge in [0, 0.05) is 27.5 Å². The Hall–Kier alpha value is -7.87. The van der Waals surface area contributed by atoms with Gasteiger partial charge < -0.3 is 4.42 Å². The van der Waals surface area contributed by atoms with E-state index in [4.69, 9.17) is 19.4 Å². The number of nitrogens with zero attached hydrogens (tertiary/aromatic N) is 3. The molecule has 0 saturated heterocycles. The highest BCUT2D eigenvalue weighted by Crippen LogP contribution is 2.39. The Morgan fingerprint density at radius 2 is 1.05 bits per heavy atom. The number of furan rings is 1. The van der Waals surface area contributed by atoms with Crippen LogP contribution in [-0.4, -0.2) is 15.0 Å². The predicted octanol–water partition coefficient (Wildman–Crippen LogP) is 13.7. The number of rotatable bonds is 6. The maximum absolute atomic E-state index is 6.46. The zero-order valence-electron chi connectivity index (χ0n) is 30.6. The fourth-order valence-corrected chi connectivity index (χ4v) is 7.95. The van der Waals surface area contributed by atoms with Crippen molar-refractivity contribution in [2.45, 2.75) is 0 Å². The van der Waals surface area contributed by atoms with Crippen molar-refractivity contribution in [3.05, 3.63) is 205 Å². The minimum Gasteiger partial charge on any atom is -0.456 e. The third kappa shape index (κ3) is 5.87. The second kappa shape index (κ2) is 13.5. The lowest BCUT2D eigenvalue weighted by Gasteiger charge is -2.10. The molecule has 1 aliphatic carbocycles. The zero-order valence-corrected chi connectivity index (χ0v) is 30.6. The molecular weight excluding hydrogens is 695 g/mol. The molecule has 0 fully saturated rings. The third-order valence-electron chi connectivity index (χ3n) is 10.8. The van der Waals surface area contributed by atoms with Gasteiger partial charge in [-0.1, -0.05) is 151 Å². The van der Waals surface area contributed by atoms with Gasteiger partial charge in [0.25, 0.3) is 0 Å². The average molecular weight is 726 g/mol. The molecule has 8 aromatic carbocycles. The maximum atomic E-state index is 6.46. The van der Waals surface area contributed by atoms with Gasteiger partial charge in [-0.15, -0.1) is 0 Å². The van der Waals surface area contributed by atoms with Crippen LogP contribution in [0.1, 0.15) is 5.56 Å². The van der Waals surface area contributed by atoms with Crippen LogP contribution in [0.3, 0.4) is 0 Å². The van der Waals surface area contributed by atoms with Crippen molar-refractivity contribution in [1.29, 1.82) is 0 Å². The van der Waals surface area contributed by atoms with Gasteiger partial charge >= 0.3 is 0 Å². The lowest BCUT2D eigenvalue weighted by molar-refractivity contribution is 0.669. The predicted molar refractivity (Wildman–Crippen MR) is 233 cm³/mol. The average Bonchev–Trinajstić information content (AvgIpc) is 3.68. The topological polar surface area (TPSA) is 51.8 Å². The molecule has 1 aliphatic rings. The van der Waals surface area contributed by atoms with Crippen molar-refractivity contribution >= 4 is 49.1 Å². The summed E-state index contributed by atoms with van der Waals surface area (Å²) in [5.74, 6) is 1.78. The number of aromatic nitrogens is 3. The van der Waals surface area contributed by atoms with Gasteiger partial charge in [-0.3, -0.25) is 0 Å². The Balaban J connectivity index is 0.999. The molecule has 10 aromatic rings. The summed E-state index contributed by atoms with van der Waals surface area (Å²) >= 11 is 0. The smallest absolute Gasteiger partial charge is 0.164 e. The zero-order chi connectivity index (χ0) is 37.7. The van der Waals surface area contributed by atoms with Crippen LogP contribution in [0.25, 0.3) is 105 Å². The largest absolute Gasteiger partial charge is 0.456 e. The van der Waals surface area contributed by atoms with E-state index in [2.05, 4.69) is 127 Å². The summed E-state index contributed by atoms with van der Waals surface area (Å²) in [6, 6.07) is 59.4. The van der Waals surface area contributed by atoms with Gasteiger partial charge in [-0.05, 0) is 103 Å². The molecule has 0 spiro atoms. The fourth-order valence-electron chi connectivity index (χ4n) is 7.95. The second-order valence-electron chi connectivity index (χ2n) is 14.3. The molecular formula is C53H31N3O. The van der Waals surface area contributed by atoms with Crippen LogP contribution in [0.4, 0.5) is 0 Å². The number of hydrogen-bond acceptors (Lipinski definition) is 4. The van der Waals surface area contributed by atoms with Crippen molar-refractivity contribution in [1.82, 2.24) is 15.0 Å². The Labute approximate surface area is 328 Å². The van der Waals surface area contributed by atoms with E-state index in [1.807, 2.05) is 72.8 Å². The molecule has 0 unspecified atom stereocenters. The van der Waals surface area contributed by atoms with E-state index in [9.17, 15) is 0 Å². The number of fused-ring (bicyclic) bond motifs is 6. The number of benzene rings is 8. The van der Waals surface area contributed by atoms with Gasteiger partial charge in [0.1, 0.15) is 11.2 Å². The van der Waals surface area contributed by atoms with Crippen LogP contribution in [0, 0.1) is 0 Å². The monoisotopic (exact) mass is 725 g/mol. The molecule has 4 nitrogen and oxygen atoms in total. The summed E-state index contributed by atoms with van der Waals surface area (Å²) < 4.78 is 6.46. The van der Waals surface area contributed by atoms with E-state index in [0.29, 0.717) is 17.5 Å². The van der Waals surface area contributed by atoms with E-state index in [1.165, 1.54) is 32.7 Å². The molecule has 0 N–H and O–H groups in total. The standard InChI is InChI=1S/C53H31N3O/c1-3-11-34(12-4-1)39-16-9-17-43(32-39)52-54-51(38-14-5-2-6-15-38)55-53(56-52)46-19-10-20-49-50(46)47-33-41(28-30-48(47)57-49)36-23-21-35(22-24-36)40-27-29-45-42(31-40)26-25-37-13-7-8-18-44(37)45/h2-3,5-33H. The Bertz CT molecular complexity index is 3360. The summed E-state index contributed by atoms with van der Waals surface area (Å²) in [5, 5.41) is 7.02. The van der Waals surface area contributed by atoms with Crippen LogP contribution < -0.4 is 0 Å². The summed E-state index contributed by atoms with van der Waals surface area (Å²) in [6.07, 6.45) is 5.84. The lowest BCUT2D eigenvalue weighted by atomic mass is 9.95. The molecule has 11 rings (SSSR count). The lowest BCUT2D eigenvalue weighted by Crippen LogP contribution is -2.00. The molecule has 0 aliphatic heterocycles. The van der Waals surface area contributed by atoms with E-state index in [-0.39, 0.29) is 0 Å². The molecule has 0 radical (unpaired) electrons. The maximum Gasteiger partial charge on any atom is 0.164 e. The van der Waals surface area contributed by atoms with Crippen molar-refractivity contribution < 1.29 is 4.42 Å². The summed E-state index contributed by atoms with van der Waals surface area (Å²) in [4.78, 5) is 15.3. The van der Waals surface area contributed by atoms with Crippen molar-refractivity contribution in [3.8, 4) is 56.4 Å². The summed E-state index contributed by atoms with van der Waals surface area (Å²) in [6.45, 7) is 0. The molecule has 0 bridgehead atoms. The minimum atomic E-state index is 0.582. The molecule has 0 atom stereocenters. The van der Waals surface area contributed by atoms with Crippen molar-refractivity contribution in [2.24, 2.45) is 0 Å². The second-order valence-corrected chi connectivity index (χ2v) is 14.3. The van der Waals surface area contributed by atoms with Crippen LogP contribution in [0.2, 0.25) is 0 Å². The van der Waals surface area contributed by atoms with E-state index < -0.39 is 0 Å². The van der Waals surface area contributed by atoms with Gasteiger partial charge in [0.2, 0.25) is 0 Å². The molecule has 0 amide bonds. The van der Waals surface area contributed by atoms with E-state index in [0.717, 1.165) is 60.9 Å². The first-order valence-corrected chi connectivity index (χ1v) is 19.0. The molecule has 264 valence electrons. The normalized spacial score (nSPS) is 12.2. The highest BCUT2D eigenvalue weighted by Gasteiger charge is 2.19. The third-order valence-corrected chi connectivity index (χ3v) is 10.8. The molecule has 0 saturated carbocycles. The SMILES string of the molecule is C1=C=CC(c2cccc(-c3nc(-c4ccccc4)nc(-c4cccc5oc6ccc(-c7ccc(-c8ccc9c(ccc%10ccccc%109)c8)cc7)cc6c45)n3)c2)=CC=1. The number of allylic oxidation sites excluding steroid dienone is 4. The number of hydrogen-bond donors (Lipinski definition) is 0. The first kappa shape index (κ1) is 32.6. The Morgan fingerprint density at radius 3 is 1.89 bits per heavy atom. The van der Waals surface area contributed by atoms with Crippen LogP contribution in [0.5, 0.6) is 0 Å². The van der Waals surface area contributed by atoms with Gasteiger partial charge in [-0.2, -0.15) is 0 Å². The Kier molecular flexibility index (Phi) is 7.69. The summed E-state index contributed by atoms with van der Waals surface area (Å²) in [5.41, 5.74) is 17.0. The molecule has 4 heteroatoms. The van der Waals surface area contributed by atoms with Gasteiger partial charge in [0.05, 0.1) is 0 Å². The first-order chi connectivity index (χ1) is 28.2. The molecule has 2 heterocycles. The highest BCUT2D eigenvalue weighted by atomic mass is 16.3. The van der Waals surface area contributed by atoms with Gasteiger partial charge in [0.15, 0.2) is 17.5 Å². The van der Waals surface area contributed by atoms with E-state index >= 15 is 0 Å². The van der Waals surface area contributed by atoms with Crippen LogP contribution in [0.15, 0.2) is 204 Å². The first-order valence-electron chi connectivity index (χ1n) is 19.0.